The van der Waals surface area contributed by atoms with Gasteiger partial charge in [0.2, 0.25) is 10.0 Å². The highest BCUT2D eigenvalue weighted by Gasteiger charge is 2.22. The second-order valence-corrected chi connectivity index (χ2v) is 6.77. The number of nitrogens with one attached hydrogen (secondary N) is 1. The van der Waals surface area contributed by atoms with Gasteiger partial charge in [0.25, 0.3) is 0 Å². The van der Waals surface area contributed by atoms with Crippen molar-refractivity contribution in [2.75, 3.05) is 33.3 Å². The van der Waals surface area contributed by atoms with Crippen LogP contribution in [0.5, 0.6) is 5.75 Å². The molecule has 5 nitrogen and oxygen atoms in total. The van der Waals surface area contributed by atoms with Gasteiger partial charge in [-0.3, -0.25) is 0 Å². The topological polar surface area (TPSA) is 58.6 Å². The normalized spacial score (nSPS) is 11.8. The minimum atomic E-state index is -3.40. The Labute approximate surface area is 128 Å². The van der Waals surface area contributed by atoms with E-state index in [-0.39, 0.29) is 0 Å². The van der Waals surface area contributed by atoms with Gasteiger partial charge in [-0.25, -0.2) is 8.42 Å². The van der Waals surface area contributed by atoms with Crippen molar-refractivity contribution >= 4 is 10.0 Å². The molecule has 0 aliphatic rings. The van der Waals surface area contributed by atoms with Crippen LogP contribution in [0.2, 0.25) is 0 Å². The molecule has 0 spiro atoms. The second-order valence-electron chi connectivity index (χ2n) is 4.83. The van der Waals surface area contributed by atoms with Crippen molar-refractivity contribution in [2.45, 2.75) is 31.6 Å². The van der Waals surface area contributed by atoms with E-state index in [1.165, 1.54) is 0 Å². The molecule has 120 valence electrons. The summed E-state index contributed by atoms with van der Waals surface area (Å²) >= 11 is 0. The minimum absolute atomic E-state index is 0.324. The van der Waals surface area contributed by atoms with Crippen LogP contribution in [0, 0.1) is 0 Å². The van der Waals surface area contributed by atoms with Gasteiger partial charge < -0.3 is 10.1 Å². The number of hydrogen-bond donors (Lipinski definition) is 1. The molecule has 21 heavy (non-hydrogen) atoms. The number of hydrogen-bond acceptors (Lipinski definition) is 4. The maximum atomic E-state index is 12.6. The Morgan fingerprint density at radius 1 is 1.10 bits per heavy atom. The van der Waals surface area contributed by atoms with E-state index in [1.54, 1.807) is 28.6 Å². The third-order valence-electron chi connectivity index (χ3n) is 3.03. The number of sulfonamides is 1. The van der Waals surface area contributed by atoms with Crippen molar-refractivity contribution < 1.29 is 13.2 Å². The highest BCUT2D eigenvalue weighted by molar-refractivity contribution is 7.89. The fourth-order valence-corrected chi connectivity index (χ4v) is 3.60. The van der Waals surface area contributed by atoms with E-state index in [1.807, 2.05) is 20.9 Å². The lowest BCUT2D eigenvalue weighted by Crippen LogP contribution is -2.32. The molecule has 1 rings (SSSR count). The van der Waals surface area contributed by atoms with Crippen LogP contribution in [0.1, 0.15) is 26.7 Å². The predicted octanol–water partition coefficient (Wildman–Crippen LogP) is 2.10. The van der Waals surface area contributed by atoms with E-state index < -0.39 is 10.0 Å². The minimum Gasteiger partial charge on any atom is -0.492 e. The Morgan fingerprint density at radius 2 is 1.67 bits per heavy atom. The highest BCUT2D eigenvalue weighted by Crippen LogP contribution is 2.20. The van der Waals surface area contributed by atoms with Crippen molar-refractivity contribution in [3.05, 3.63) is 24.3 Å². The molecule has 0 unspecified atom stereocenters. The average Bonchev–Trinajstić information content (AvgIpc) is 2.48. The van der Waals surface area contributed by atoms with Crippen molar-refractivity contribution in [3.63, 3.8) is 0 Å². The SMILES string of the molecule is CCCN(CCC)S(=O)(=O)c1ccc(OCCNC)cc1. The Kier molecular flexibility index (Phi) is 7.71. The predicted molar refractivity (Wildman–Crippen MR) is 85.2 cm³/mol. The number of nitrogens with zero attached hydrogens (tertiary/aromatic N) is 1. The largest absolute Gasteiger partial charge is 0.492 e. The van der Waals surface area contributed by atoms with Gasteiger partial charge in [-0.1, -0.05) is 13.8 Å². The molecule has 0 aliphatic carbocycles. The molecule has 0 atom stereocenters. The maximum Gasteiger partial charge on any atom is 0.243 e. The Hall–Kier alpha value is -1.11. The van der Waals surface area contributed by atoms with Gasteiger partial charge in [0, 0.05) is 19.6 Å². The molecule has 1 aromatic rings. The van der Waals surface area contributed by atoms with Crippen LogP contribution in [0.3, 0.4) is 0 Å². The summed E-state index contributed by atoms with van der Waals surface area (Å²) in [5.41, 5.74) is 0. The van der Waals surface area contributed by atoms with E-state index in [2.05, 4.69) is 5.32 Å². The van der Waals surface area contributed by atoms with E-state index in [0.717, 1.165) is 19.4 Å². The lowest BCUT2D eigenvalue weighted by Gasteiger charge is -2.21. The zero-order valence-corrected chi connectivity index (χ0v) is 13.9. The van der Waals surface area contributed by atoms with Gasteiger partial charge in [0.1, 0.15) is 12.4 Å². The standard InChI is InChI=1S/C15H26N2O3S/c1-4-11-17(12-5-2)21(18,19)15-8-6-14(7-9-15)20-13-10-16-3/h6-9,16H,4-5,10-13H2,1-3H3. The third-order valence-corrected chi connectivity index (χ3v) is 4.94. The van der Waals surface area contributed by atoms with Gasteiger partial charge in [-0.2, -0.15) is 4.31 Å². The number of ether oxygens (including phenoxy) is 1. The molecule has 6 heteroatoms. The lowest BCUT2D eigenvalue weighted by atomic mass is 10.3. The average molecular weight is 314 g/mol. The molecule has 0 fully saturated rings. The van der Waals surface area contributed by atoms with Crippen molar-refractivity contribution in [2.24, 2.45) is 0 Å². The first-order chi connectivity index (χ1) is 10.1. The molecule has 1 aromatic carbocycles. The molecular formula is C15H26N2O3S. The first-order valence-electron chi connectivity index (χ1n) is 7.43. The maximum absolute atomic E-state index is 12.6. The summed E-state index contributed by atoms with van der Waals surface area (Å²) in [6, 6.07) is 6.64. The second kappa shape index (κ2) is 9.02. The van der Waals surface area contributed by atoms with Gasteiger partial charge >= 0.3 is 0 Å². The van der Waals surface area contributed by atoms with Gasteiger partial charge in [0.15, 0.2) is 0 Å². The van der Waals surface area contributed by atoms with E-state index in [9.17, 15) is 8.42 Å². The molecule has 0 saturated carbocycles. The molecule has 0 radical (unpaired) electrons. The van der Waals surface area contributed by atoms with Crippen LogP contribution in [-0.4, -0.2) is 46.0 Å². The zero-order valence-electron chi connectivity index (χ0n) is 13.1. The molecule has 0 saturated heterocycles. The Bertz CT molecular complexity index is 494. The van der Waals surface area contributed by atoms with Crippen LogP contribution in [-0.2, 0) is 10.0 Å². The number of rotatable bonds is 10. The molecule has 0 aliphatic heterocycles. The first kappa shape index (κ1) is 17.9. The summed E-state index contributed by atoms with van der Waals surface area (Å²) in [5.74, 6) is 0.682. The summed E-state index contributed by atoms with van der Waals surface area (Å²) in [7, 11) is -1.55. The van der Waals surface area contributed by atoms with Gasteiger partial charge in [-0.05, 0) is 44.2 Å². The molecule has 1 N–H and O–H groups in total. The van der Waals surface area contributed by atoms with Crippen molar-refractivity contribution in [3.8, 4) is 5.75 Å². The quantitative estimate of drug-likeness (QED) is 0.672. The number of likely N-dealkylation sites (N-methyl/N-ethyl adjacent to an activating group) is 1. The van der Waals surface area contributed by atoms with Crippen LogP contribution in [0.4, 0.5) is 0 Å². The van der Waals surface area contributed by atoms with E-state index >= 15 is 0 Å². The van der Waals surface area contributed by atoms with Crippen LogP contribution in [0.15, 0.2) is 29.2 Å². The summed E-state index contributed by atoms with van der Waals surface area (Å²) in [4.78, 5) is 0.324. The van der Waals surface area contributed by atoms with E-state index in [4.69, 9.17) is 4.74 Å². The highest BCUT2D eigenvalue weighted by atomic mass is 32.2. The van der Waals surface area contributed by atoms with Crippen LogP contribution < -0.4 is 10.1 Å². The van der Waals surface area contributed by atoms with E-state index in [0.29, 0.717) is 30.3 Å². The first-order valence-corrected chi connectivity index (χ1v) is 8.87. The summed E-state index contributed by atoms with van der Waals surface area (Å²) in [6.07, 6.45) is 1.62. The van der Waals surface area contributed by atoms with Gasteiger partial charge in [-0.15, -0.1) is 0 Å². The monoisotopic (exact) mass is 314 g/mol. The fraction of sp³-hybridized carbons (Fsp3) is 0.600. The summed E-state index contributed by atoms with van der Waals surface area (Å²) in [5, 5.41) is 2.99. The Balaban J connectivity index is 2.82. The fourth-order valence-electron chi connectivity index (χ4n) is 1.98. The summed E-state index contributed by atoms with van der Waals surface area (Å²) in [6.45, 7) is 6.38. The zero-order chi connectivity index (χ0) is 15.7. The van der Waals surface area contributed by atoms with Crippen LogP contribution >= 0.6 is 0 Å². The Morgan fingerprint density at radius 3 is 2.14 bits per heavy atom. The molecular weight excluding hydrogens is 288 g/mol. The smallest absolute Gasteiger partial charge is 0.243 e. The molecule has 0 aromatic heterocycles. The molecule has 0 amide bonds. The van der Waals surface area contributed by atoms with Crippen molar-refractivity contribution in [1.82, 2.24) is 9.62 Å². The van der Waals surface area contributed by atoms with Gasteiger partial charge in [0.05, 0.1) is 4.90 Å². The van der Waals surface area contributed by atoms with Crippen LogP contribution in [0.25, 0.3) is 0 Å². The molecule has 0 bridgehead atoms. The lowest BCUT2D eigenvalue weighted by molar-refractivity contribution is 0.318. The third kappa shape index (κ3) is 5.30. The molecule has 0 heterocycles. The summed E-state index contributed by atoms with van der Waals surface area (Å²) < 4.78 is 32.2. The van der Waals surface area contributed by atoms with Crippen molar-refractivity contribution in [1.29, 1.82) is 0 Å². The number of benzene rings is 1.